The number of aromatic nitrogens is 2. The molecule has 20 heavy (non-hydrogen) atoms. The van der Waals surface area contributed by atoms with Crippen LogP contribution in [-0.4, -0.2) is 41.9 Å². The van der Waals surface area contributed by atoms with E-state index in [1.54, 1.807) is 6.20 Å². The van der Waals surface area contributed by atoms with E-state index in [2.05, 4.69) is 47.1 Å². The molecule has 5 nitrogen and oxygen atoms in total. The van der Waals surface area contributed by atoms with Gasteiger partial charge in [-0.05, 0) is 41.9 Å². The second-order valence-corrected chi connectivity index (χ2v) is 6.87. The molecule has 0 spiro atoms. The van der Waals surface area contributed by atoms with Gasteiger partial charge in [0.2, 0.25) is 0 Å². The number of rotatable bonds is 7. The number of halogens is 1. The lowest BCUT2D eigenvalue weighted by Crippen LogP contribution is -2.30. The van der Waals surface area contributed by atoms with Gasteiger partial charge in [-0.25, -0.2) is 4.68 Å². The summed E-state index contributed by atoms with van der Waals surface area (Å²) in [5.41, 5.74) is 0.864. The van der Waals surface area contributed by atoms with E-state index in [0.29, 0.717) is 11.0 Å². The van der Waals surface area contributed by atoms with Crippen LogP contribution in [0.5, 0.6) is 0 Å². The molecule has 1 rings (SSSR count). The maximum Gasteiger partial charge on any atom is 0.283 e. The first-order valence-corrected chi connectivity index (χ1v) is 7.70. The van der Waals surface area contributed by atoms with Gasteiger partial charge in [0.05, 0.1) is 18.4 Å². The Balaban J connectivity index is 2.81. The Hall–Kier alpha value is -0.880. The quantitative estimate of drug-likeness (QED) is 0.825. The fourth-order valence-electron chi connectivity index (χ4n) is 1.50. The molecule has 0 amide bonds. The molecule has 0 fully saturated rings. The summed E-state index contributed by atoms with van der Waals surface area (Å²) >= 11 is 3.38. The van der Waals surface area contributed by atoms with Crippen LogP contribution in [0.3, 0.4) is 0 Å². The number of nitrogens with zero attached hydrogens (tertiary/aromatic N) is 3. The fraction of sp³-hybridized carbons (Fsp3) is 0.714. The summed E-state index contributed by atoms with van der Waals surface area (Å²) in [6.07, 6.45) is 2.79. The molecule has 0 aliphatic carbocycles. The third-order valence-corrected chi connectivity index (χ3v) is 4.22. The van der Waals surface area contributed by atoms with Crippen molar-refractivity contribution in [2.75, 3.05) is 32.5 Å². The molecule has 0 radical (unpaired) electrons. The van der Waals surface area contributed by atoms with Gasteiger partial charge in [-0.15, -0.1) is 0 Å². The molecule has 0 atom stereocenters. The molecular weight excluding hydrogens is 320 g/mol. The predicted molar refractivity (Wildman–Crippen MR) is 87.3 cm³/mol. The van der Waals surface area contributed by atoms with E-state index in [-0.39, 0.29) is 11.0 Å². The Morgan fingerprint density at radius 2 is 2.10 bits per heavy atom. The van der Waals surface area contributed by atoms with Crippen molar-refractivity contribution in [1.29, 1.82) is 0 Å². The first kappa shape index (κ1) is 17.2. The van der Waals surface area contributed by atoms with Crippen LogP contribution >= 0.6 is 15.9 Å². The van der Waals surface area contributed by atoms with Crippen molar-refractivity contribution in [2.24, 2.45) is 5.41 Å². The molecule has 0 bridgehead atoms. The van der Waals surface area contributed by atoms with Crippen molar-refractivity contribution >= 4 is 21.6 Å². The molecule has 0 aliphatic heterocycles. The van der Waals surface area contributed by atoms with Gasteiger partial charge in [0, 0.05) is 13.1 Å². The smallest absolute Gasteiger partial charge is 0.283 e. The van der Waals surface area contributed by atoms with Crippen LogP contribution in [0.4, 0.5) is 5.69 Å². The Morgan fingerprint density at radius 1 is 1.45 bits per heavy atom. The monoisotopic (exact) mass is 344 g/mol. The summed E-state index contributed by atoms with van der Waals surface area (Å²) in [4.78, 5) is 14.2. The van der Waals surface area contributed by atoms with Gasteiger partial charge in [-0.1, -0.05) is 20.8 Å². The van der Waals surface area contributed by atoms with Crippen LogP contribution < -0.4 is 10.9 Å². The average molecular weight is 345 g/mol. The van der Waals surface area contributed by atoms with E-state index in [4.69, 9.17) is 0 Å². The molecule has 1 aromatic rings. The largest absolute Gasteiger partial charge is 0.382 e. The summed E-state index contributed by atoms with van der Waals surface area (Å²) in [6.45, 7) is 8.73. The highest BCUT2D eigenvalue weighted by Gasteiger charge is 2.16. The van der Waals surface area contributed by atoms with Crippen molar-refractivity contribution in [3.63, 3.8) is 0 Å². The highest BCUT2D eigenvalue weighted by molar-refractivity contribution is 9.10. The molecule has 0 unspecified atom stereocenters. The van der Waals surface area contributed by atoms with Gasteiger partial charge >= 0.3 is 0 Å². The minimum absolute atomic E-state index is 0.0915. The highest BCUT2D eigenvalue weighted by atomic mass is 79.9. The van der Waals surface area contributed by atoms with Gasteiger partial charge in [-0.3, -0.25) is 4.79 Å². The first-order chi connectivity index (χ1) is 9.26. The summed E-state index contributed by atoms with van der Waals surface area (Å²) < 4.78 is 2.04. The molecule has 0 saturated heterocycles. The van der Waals surface area contributed by atoms with E-state index >= 15 is 0 Å². The zero-order chi connectivity index (χ0) is 15.3. The second kappa shape index (κ2) is 7.22. The minimum atomic E-state index is -0.0915. The van der Waals surface area contributed by atoms with E-state index in [1.807, 2.05) is 19.0 Å². The van der Waals surface area contributed by atoms with Gasteiger partial charge < -0.3 is 10.2 Å². The topological polar surface area (TPSA) is 50.2 Å². The third-order valence-electron chi connectivity index (χ3n) is 3.46. The molecule has 0 aliphatic rings. The van der Waals surface area contributed by atoms with Crippen LogP contribution in [0, 0.1) is 5.41 Å². The Kier molecular flexibility index (Phi) is 6.20. The molecule has 1 aromatic heterocycles. The summed E-state index contributed by atoms with van der Waals surface area (Å²) in [6, 6.07) is 0. The van der Waals surface area contributed by atoms with Crippen molar-refractivity contribution in [1.82, 2.24) is 14.7 Å². The Labute approximate surface area is 129 Å². The van der Waals surface area contributed by atoms with E-state index < -0.39 is 0 Å². The lowest BCUT2D eigenvalue weighted by molar-refractivity contribution is 0.366. The summed E-state index contributed by atoms with van der Waals surface area (Å²) in [5.74, 6) is 0. The number of hydrogen-bond donors (Lipinski definition) is 1. The van der Waals surface area contributed by atoms with Gasteiger partial charge in [0.1, 0.15) is 4.47 Å². The predicted octanol–water partition coefficient (Wildman–Crippen LogP) is 2.42. The number of anilines is 1. The lowest BCUT2D eigenvalue weighted by atomic mass is 9.90. The van der Waals surface area contributed by atoms with Crippen molar-refractivity contribution in [3.05, 3.63) is 21.0 Å². The maximum atomic E-state index is 12.2. The van der Waals surface area contributed by atoms with Crippen LogP contribution in [0.15, 0.2) is 15.5 Å². The van der Waals surface area contributed by atoms with E-state index in [1.165, 1.54) is 4.68 Å². The van der Waals surface area contributed by atoms with Crippen molar-refractivity contribution in [3.8, 4) is 0 Å². The number of nitrogens with one attached hydrogen (secondary N) is 1. The highest BCUT2D eigenvalue weighted by Crippen LogP contribution is 2.22. The van der Waals surface area contributed by atoms with Crippen molar-refractivity contribution < 1.29 is 0 Å². The number of likely N-dealkylation sites (N-methyl/N-ethyl adjacent to an activating group) is 1. The van der Waals surface area contributed by atoms with E-state index in [9.17, 15) is 4.79 Å². The molecular formula is C14H25BrN4O. The Morgan fingerprint density at radius 3 is 2.65 bits per heavy atom. The average Bonchev–Trinajstić information content (AvgIpc) is 2.39. The second-order valence-electron chi connectivity index (χ2n) is 6.08. The first-order valence-electron chi connectivity index (χ1n) is 6.91. The van der Waals surface area contributed by atoms with Gasteiger partial charge in [0.15, 0.2) is 0 Å². The standard InChI is InChI=1S/C14H25BrN4O/c1-6-14(2,3)10-16-11-9-17-19(8-7-18(4)5)13(20)12(11)15/h9,16H,6-8,10H2,1-5H3. The van der Waals surface area contributed by atoms with E-state index in [0.717, 1.165) is 25.2 Å². The summed E-state index contributed by atoms with van der Waals surface area (Å²) in [7, 11) is 3.95. The van der Waals surface area contributed by atoms with Gasteiger partial charge in [0.25, 0.3) is 5.56 Å². The zero-order valence-electron chi connectivity index (χ0n) is 13.0. The maximum absolute atomic E-state index is 12.2. The fourth-order valence-corrected chi connectivity index (χ4v) is 1.95. The van der Waals surface area contributed by atoms with Crippen LogP contribution in [0.2, 0.25) is 0 Å². The number of hydrogen-bond acceptors (Lipinski definition) is 4. The van der Waals surface area contributed by atoms with Crippen LogP contribution in [0.25, 0.3) is 0 Å². The normalized spacial score (nSPS) is 11.9. The molecule has 0 aromatic carbocycles. The zero-order valence-corrected chi connectivity index (χ0v) is 14.6. The molecule has 6 heteroatoms. The lowest BCUT2D eigenvalue weighted by Gasteiger charge is -2.23. The van der Waals surface area contributed by atoms with Crippen LogP contribution in [-0.2, 0) is 6.54 Å². The van der Waals surface area contributed by atoms with Crippen LogP contribution in [0.1, 0.15) is 27.2 Å². The van der Waals surface area contributed by atoms with Gasteiger partial charge in [-0.2, -0.15) is 5.10 Å². The molecule has 1 heterocycles. The van der Waals surface area contributed by atoms with Crippen molar-refractivity contribution in [2.45, 2.75) is 33.7 Å². The molecule has 0 saturated carbocycles. The Bertz CT molecular complexity index is 496. The third kappa shape index (κ3) is 4.90. The minimum Gasteiger partial charge on any atom is -0.382 e. The SMILES string of the molecule is CCC(C)(C)CNc1cnn(CCN(C)C)c(=O)c1Br. The molecule has 114 valence electrons. The molecule has 1 N–H and O–H groups in total. The summed E-state index contributed by atoms with van der Waals surface area (Å²) in [5, 5.41) is 7.53.